The molecule has 0 spiro atoms. The molecule has 0 aliphatic carbocycles. The van der Waals surface area contributed by atoms with Gasteiger partial charge in [0.1, 0.15) is 5.75 Å². The highest BCUT2D eigenvalue weighted by Crippen LogP contribution is 2.27. The molecule has 0 saturated carbocycles. The number of rotatable bonds is 5. The summed E-state index contributed by atoms with van der Waals surface area (Å²) in [7, 11) is 1.63. The van der Waals surface area contributed by atoms with Gasteiger partial charge in [0, 0.05) is 22.5 Å². The summed E-state index contributed by atoms with van der Waals surface area (Å²) in [6, 6.07) is 24.5. The molecule has 4 aromatic rings. The number of halogens is 1. The Morgan fingerprint density at radius 3 is 2.59 bits per heavy atom. The summed E-state index contributed by atoms with van der Waals surface area (Å²) in [4.78, 5) is 17.8. The van der Waals surface area contributed by atoms with E-state index in [4.69, 9.17) is 21.3 Å². The van der Waals surface area contributed by atoms with E-state index >= 15 is 0 Å². The highest BCUT2D eigenvalue weighted by Gasteiger charge is 2.14. The van der Waals surface area contributed by atoms with Gasteiger partial charge in [-0.1, -0.05) is 54.1 Å². The molecule has 5 heteroatoms. The molecule has 0 aliphatic heterocycles. The van der Waals surface area contributed by atoms with Crippen LogP contribution in [0.15, 0.2) is 78.9 Å². The zero-order valence-corrected chi connectivity index (χ0v) is 16.6. The number of pyridine rings is 1. The van der Waals surface area contributed by atoms with Gasteiger partial charge >= 0.3 is 0 Å². The van der Waals surface area contributed by atoms with Crippen molar-refractivity contribution in [3.05, 3.63) is 95.0 Å². The topological polar surface area (TPSA) is 51.2 Å². The van der Waals surface area contributed by atoms with Crippen LogP contribution in [-0.4, -0.2) is 18.0 Å². The van der Waals surface area contributed by atoms with Crippen LogP contribution < -0.4 is 10.1 Å². The number of benzene rings is 3. The lowest BCUT2D eigenvalue weighted by Gasteiger charge is -2.11. The van der Waals surface area contributed by atoms with Crippen molar-refractivity contribution >= 4 is 28.4 Å². The first-order valence-electron chi connectivity index (χ1n) is 9.21. The molecule has 1 aromatic heterocycles. The molecule has 0 radical (unpaired) electrons. The van der Waals surface area contributed by atoms with Crippen LogP contribution in [0.2, 0.25) is 5.02 Å². The number of hydrogen-bond donors (Lipinski definition) is 1. The molecular weight excluding hydrogens is 384 g/mol. The first-order valence-corrected chi connectivity index (χ1v) is 9.59. The predicted octanol–water partition coefficient (Wildman–Crippen LogP) is 5.49. The summed E-state index contributed by atoms with van der Waals surface area (Å²) in [5.41, 5.74) is 3.95. The van der Waals surface area contributed by atoms with Crippen molar-refractivity contribution in [2.45, 2.75) is 6.54 Å². The van der Waals surface area contributed by atoms with Crippen LogP contribution in [0.3, 0.4) is 0 Å². The van der Waals surface area contributed by atoms with Gasteiger partial charge in [-0.2, -0.15) is 0 Å². The maximum Gasteiger partial charge on any atom is 0.252 e. The van der Waals surface area contributed by atoms with E-state index in [0.717, 1.165) is 33.5 Å². The molecular formula is C24H19ClN2O2. The van der Waals surface area contributed by atoms with E-state index in [1.165, 1.54) is 0 Å². The Morgan fingerprint density at radius 2 is 1.79 bits per heavy atom. The lowest BCUT2D eigenvalue weighted by atomic mass is 10.0. The second kappa shape index (κ2) is 8.33. The first kappa shape index (κ1) is 19.0. The number of fused-ring (bicyclic) bond motifs is 1. The van der Waals surface area contributed by atoms with E-state index in [9.17, 15) is 4.79 Å². The Kier molecular flexibility index (Phi) is 5.45. The second-order valence-electron chi connectivity index (χ2n) is 6.61. The summed E-state index contributed by atoms with van der Waals surface area (Å²) in [6.07, 6.45) is 0. The van der Waals surface area contributed by atoms with E-state index in [1.54, 1.807) is 7.11 Å². The SMILES string of the molecule is COc1cccc(-c2cc(C(=O)NCc3ccc(Cl)cc3)c3ccccc3n2)c1. The van der Waals surface area contributed by atoms with Crippen molar-refractivity contribution in [3.63, 3.8) is 0 Å². The number of aromatic nitrogens is 1. The molecule has 4 rings (SSSR count). The van der Waals surface area contributed by atoms with Crippen LogP contribution in [0.4, 0.5) is 0 Å². The molecule has 144 valence electrons. The largest absolute Gasteiger partial charge is 0.497 e. The number of ether oxygens (including phenoxy) is 1. The predicted molar refractivity (Wildman–Crippen MR) is 116 cm³/mol. The molecule has 1 amide bonds. The second-order valence-corrected chi connectivity index (χ2v) is 7.05. The van der Waals surface area contributed by atoms with Crippen LogP contribution >= 0.6 is 11.6 Å². The van der Waals surface area contributed by atoms with Crippen molar-refractivity contribution in [1.82, 2.24) is 10.3 Å². The Morgan fingerprint density at radius 1 is 1.00 bits per heavy atom. The van der Waals surface area contributed by atoms with Gasteiger partial charge in [0.15, 0.2) is 0 Å². The zero-order chi connectivity index (χ0) is 20.2. The fourth-order valence-corrected chi connectivity index (χ4v) is 3.30. The third kappa shape index (κ3) is 4.23. The van der Waals surface area contributed by atoms with Crippen LogP contribution in [0, 0.1) is 0 Å². The fourth-order valence-electron chi connectivity index (χ4n) is 3.17. The normalized spacial score (nSPS) is 10.7. The third-order valence-electron chi connectivity index (χ3n) is 4.69. The number of nitrogens with zero attached hydrogens (tertiary/aromatic N) is 1. The van der Waals surface area contributed by atoms with E-state index in [-0.39, 0.29) is 5.91 Å². The lowest BCUT2D eigenvalue weighted by Crippen LogP contribution is -2.23. The van der Waals surface area contributed by atoms with Crippen molar-refractivity contribution in [2.24, 2.45) is 0 Å². The maximum atomic E-state index is 13.0. The molecule has 0 saturated heterocycles. The summed E-state index contributed by atoms with van der Waals surface area (Å²) < 4.78 is 5.32. The molecule has 1 N–H and O–H groups in total. The standard InChI is InChI=1S/C24H19ClN2O2/c1-29-19-6-4-5-17(13-19)23-14-21(20-7-2-3-8-22(20)27-23)24(28)26-15-16-9-11-18(25)12-10-16/h2-14H,15H2,1H3,(H,26,28). The molecule has 0 fully saturated rings. The van der Waals surface area contributed by atoms with E-state index in [0.29, 0.717) is 17.1 Å². The fraction of sp³-hybridized carbons (Fsp3) is 0.0833. The summed E-state index contributed by atoms with van der Waals surface area (Å²) >= 11 is 5.93. The van der Waals surface area contributed by atoms with Crippen LogP contribution in [-0.2, 0) is 6.54 Å². The van der Waals surface area contributed by atoms with E-state index in [1.807, 2.05) is 78.9 Å². The van der Waals surface area contributed by atoms with Crippen LogP contribution in [0.25, 0.3) is 22.2 Å². The maximum absolute atomic E-state index is 13.0. The first-order chi connectivity index (χ1) is 14.1. The minimum absolute atomic E-state index is 0.150. The monoisotopic (exact) mass is 402 g/mol. The van der Waals surface area contributed by atoms with Gasteiger partial charge in [0.2, 0.25) is 0 Å². The van der Waals surface area contributed by atoms with Gasteiger partial charge in [0.05, 0.1) is 23.9 Å². The molecule has 1 heterocycles. The summed E-state index contributed by atoms with van der Waals surface area (Å²) in [5.74, 6) is 0.592. The number of hydrogen-bond acceptors (Lipinski definition) is 3. The Balaban J connectivity index is 1.70. The molecule has 0 atom stereocenters. The average Bonchev–Trinajstić information content (AvgIpc) is 2.77. The van der Waals surface area contributed by atoms with Crippen LogP contribution in [0.5, 0.6) is 5.75 Å². The minimum Gasteiger partial charge on any atom is -0.497 e. The van der Waals surface area contributed by atoms with Crippen molar-refractivity contribution < 1.29 is 9.53 Å². The summed E-state index contributed by atoms with van der Waals surface area (Å²) in [5, 5.41) is 4.48. The van der Waals surface area contributed by atoms with Gasteiger partial charge < -0.3 is 10.1 Å². The molecule has 0 aliphatic rings. The number of amides is 1. The number of carbonyl (C=O) groups is 1. The average molecular weight is 403 g/mol. The quantitative estimate of drug-likeness (QED) is 0.480. The van der Waals surface area contributed by atoms with Gasteiger partial charge in [-0.25, -0.2) is 4.98 Å². The van der Waals surface area contributed by atoms with E-state index < -0.39 is 0 Å². The summed E-state index contributed by atoms with van der Waals surface area (Å²) in [6.45, 7) is 0.418. The number of para-hydroxylation sites is 1. The third-order valence-corrected chi connectivity index (χ3v) is 4.94. The molecule has 3 aromatic carbocycles. The number of nitrogens with one attached hydrogen (secondary N) is 1. The van der Waals surface area contributed by atoms with Gasteiger partial charge in [-0.15, -0.1) is 0 Å². The van der Waals surface area contributed by atoms with Gasteiger partial charge in [0.25, 0.3) is 5.91 Å². The Hall–Kier alpha value is -3.37. The van der Waals surface area contributed by atoms with Crippen molar-refractivity contribution in [1.29, 1.82) is 0 Å². The molecule has 0 unspecified atom stereocenters. The molecule has 0 bridgehead atoms. The highest BCUT2D eigenvalue weighted by atomic mass is 35.5. The van der Waals surface area contributed by atoms with Crippen molar-refractivity contribution in [2.75, 3.05) is 7.11 Å². The number of carbonyl (C=O) groups excluding carboxylic acids is 1. The zero-order valence-electron chi connectivity index (χ0n) is 15.9. The lowest BCUT2D eigenvalue weighted by molar-refractivity contribution is 0.0952. The molecule has 29 heavy (non-hydrogen) atoms. The Labute approximate surface area is 174 Å². The Bertz CT molecular complexity index is 1170. The van der Waals surface area contributed by atoms with Gasteiger partial charge in [-0.3, -0.25) is 4.79 Å². The minimum atomic E-state index is -0.150. The van der Waals surface area contributed by atoms with Gasteiger partial charge in [-0.05, 0) is 42.0 Å². The number of methoxy groups -OCH3 is 1. The van der Waals surface area contributed by atoms with E-state index in [2.05, 4.69) is 5.32 Å². The van der Waals surface area contributed by atoms with Crippen molar-refractivity contribution in [3.8, 4) is 17.0 Å². The smallest absolute Gasteiger partial charge is 0.252 e. The van der Waals surface area contributed by atoms with Crippen LogP contribution in [0.1, 0.15) is 15.9 Å². The molecule has 4 nitrogen and oxygen atoms in total. The highest BCUT2D eigenvalue weighted by molar-refractivity contribution is 6.30.